The molecule has 1 aliphatic rings. The van der Waals surface area contributed by atoms with Crippen LogP contribution in [0, 0.1) is 6.92 Å². The zero-order valence-corrected chi connectivity index (χ0v) is 26.7. The van der Waals surface area contributed by atoms with Gasteiger partial charge in [-0.1, -0.05) is 29.8 Å². The van der Waals surface area contributed by atoms with E-state index in [1.165, 1.54) is 0 Å². The van der Waals surface area contributed by atoms with Crippen molar-refractivity contribution in [3.05, 3.63) is 107 Å². The van der Waals surface area contributed by atoms with Crippen LogP contribution >= 0.6 is 11.6 Å². The number of benzene rings is 3. The number of aryl methyl sites for hydroxylation is 2. The van der Waals surface area contributed by atoms with E-state index in [-0.39, 0.29) is 29.9 Å². The van der Waals surface area contributed by atoms with Gasteiger partial charge in [0.25, 0.3) is 5.91 Å². The van der Waals surface area contributed by atoms with E-state index < -0.39 is 0 Å². The van der Waals surface area contributed by atoms with E-state index in [4.69, 9.17) is 21.1 Å². The summed E-state index contributed by atoms with van der Waals surface area (Å²) in [5.41, 5.74) is 4.08. The maximum atomic E-state index is 13.9. The molecule has 0 radical (unpaired) electrons. The Hall–Kier alpha value is -4.63. The molecule has 0 N–H and O–H groups in total. The quantitative estimate of drug-likeness (QED) is 0.138. The summed E-state index contributed by atoms with van der Waals surface area (Å²) in [6.45, 7) is 8.40. The van der Waals surface area contributed by atoms with Gasteiger partial charge in [0, 0.05) is 41.5 Å². The maximum Gasteiger partial charge on any atom is 0.356 e. The summed E-state index contributed by atoms with van der Waals surface area (Å²) in [7, 11) is 0. The van der Waals surface area contributed by atoms with Crippen molar-refractivity contribution in [3.8, 4) is 5.75 Å². The third-order valence-electron chi connectivity index (χ3n) is 7.94. The van der Waals surface area contributed by atoms with Crippen LogP contribution in [0.25, 0.3) is 0 Å². The molecule has 2 heterocycles. The lowest BCUT2D eigenvalue weighted by molar-refractivity contribution is -0.117. The number of para-hydroxylation sites is 1. The first-order chi connectivity index (χ1) is 21.7. The summed E-state index contributed by atoms with van der Waals surface area (Å²) in [5, 5.41) is 0.599. The third-order valence-corrected chi connectivity index (χ3v) is 8.19. The minimum Gasteiger partial charge on any atom is -0.494 e. The third kappa shape index (κ3) is 6.88. The predicted molar refractivity (Wildman–Crippen MR) is 174 cm³/mol. The fourth-order valence-electron chi connectivity index (χ4n) is 5.89. The molecule has 5 rings (SSSR count). The Kier molecular flexibility index (Phi) is 9.88. The predicted octanol–water partition coefficient (Wildman–Crippen LogP) is 7.02. The van der Waals surface area contributed by atoms with Crippen LogP contribution in [0.1, 0.15) is 71.8 Å². The molecule has 45 heavy (non-hydrogen) atoms. The maximum absolute atomic E-state index is 13.9. The number of carbonyl (C=O) groups is 3. The largest absolute Gasteiger partial charge is 0.494 e. The molecule has 0 fully saturated rings. The number of esters is 1. The molecule has 234 valence electrons. The minimum atomic E-state index is -0.382. The van der Waals surface area contributed by atoms with E-state index in [1.54, 1.807) is 73.0 Å². The fraction of sp³-hybridized carbons (Fsp3) is 0.314. The first-order valence-electron chi connectivity index (χ1n) is 15.1. The van der Waals surface area contributed by atoms with Crippen LogP contribution in [-0.4, -0.2) is 46.6 Å². The summed E-state index contributed by atoms with van der Waals surface area (Å²) in [6.07, 6.45) is 2.86. The zero-order chi connectivity index (χ0) is 32.1. The SMILES string of the molecule is CCOC(=O)c1c(C)ncn1CCCOc1ccc(C(=O)N2c3ccccc3C(N(C(C)=O)c3ccc(Cl)cc3)CC2C)cc1. The zero-order valence-electron chi connectivity index (χ0n) is 25.9. The average Bonchev–Trinajstić information content (AvgIpc) is 3.40. The van der Waals surface area contributed by atoms with Crippen LogP contribution in [0.4, 0.5) is 11.4 Å². The highest BCUT2D eigenvalue weighted by Crippen LogP contribution is 2.43. The van der Waals surface area contributed by atoms with E-state index in [0.717, 1.165) is 16.9 Å². The molecule has 2 amide bonds. The van der Waals surface area contributed by atoms with Crippen molar-refractivity contribution in [2.45, 2.75) is 59.2 Å². The fourth-order valence-corrected chi connectivity index (χ4v) is 6.02. The number of nitrogens with zero attached hydrogens (tertiary/aromatic N) is 4. The van der Waals surface area contributed by atoms with Crippen LogP contribution in [0.5, 0.6) is 5.75 Å². The number of hydrogen-bond donors (Lipinski definition) is 0. The molecule has 0 bridgehead atoms. The van der Waals surface area contributed by atoms with Crippen LogP contribution in [-0.2, 0) is 16.1 Å². The van der Waals surface area contributed by atoms with E-state index in [2.05, 4.69) is 4.98 Å². The van der Waals surface area contributed by atoms with Crippen molar-refractivity contribution in [2.75, 3.05) is 23.0 Å². The van der Waals surface area contributed by atoms with Gasteiger partial charge in [-0.2, -0.15) is 0 Å². The van der Waals surface area contributed by atoms with Crippen molar-refractivity contribution >= 4 is 40.8 Å². The lowest BCUT2D eigenvalue weighted by Gasteiger charge is -2.43. The Labute approximate surface area is 268 Å². The van der Waals surface area contributed by atoms with E-state index >= 15 is 0 Å². The lowest BCUT2D eigenvalue weighted by atomic mass is 9.89. The molecule has 4 aromatic rings. The highest BCUT2D eigenvalue weighted by Gasteiger charge is 2.38. The summed E-state index contributed by atoms with van der Waals surface area (Å²) >= 11 is 6.11. The standard InChI is InChI=1S/C35H37ClN4O5/c1-5-44-35(43)33-24(3)37-22-38(33)19-8-20-45-29-17-11-26(12-18-29)34(42)39-23(2)21-32(30-9-6-7-10-31(30)39)40(25(4)41)28-15-13-27(36)14-16-28/h6-7,9-18,22-23,32H,5,8,19-21H2,1-4H3. The first-order valence-corrected chi connectivity index (χ1v) is 15.5. The number of rotatable bonds is 10. The molecule has 3 aromatic carbocycles. The monoisotopic (exact) mass is 628 g/mol. The second-order valence-electron chi connectivity index (χ2n) is 11.0. The van der Waals surface area contributed by atoms with Crippen molar-refractivity contribution in [1.29, 1.82) is 0 Å². The number of carbonyl (C=O) groups excluding carboxylic acids is 3. The van der Waals surface area contributed by atoms with E-state index in [9.17, 15) is 14.4 Å². The Morgan fingerprint density at radius 3 is 2.42 bits per heavy atom. The number of halogens is 1. The van der Waals surface area contributed by atoms with Gasteiger partial charge in [-0.3, -0.25) is 9.59 Å². The van der Waals surface area contributed by atoms with Crippen LogP contribution < -0.4 is 14.5 Å². The first kappa shape index (κ1) is 31.8. The molecule has 0 spiro atoms. The average molecular weight is 629 g/mol. The highest BCUT2D eigenvalue weighted by atomic mass is 35.5. The molecule has 10 heteroatoms. The van der Waals surface area contributed by atoms with Crippen LogP contribution in [0.2, 0.25) is 5.02 Å². The molecular weight excluding hydrogens is 592 g/mol. The van der Waals surface area contributed by atoms with Crippen LogP contribution in [0.15, 0.2) is 79.1 Å². The number of aromatic nitrogens is 2. The lowest BCUT2D eigenvalue weighted by Crippen LogP contribution is -2.47. The molecule has 2 unspecified atom stereocenters. The topological polar surface area (TPSA) is 94.0 Å². The molecule has 1 aromatic heterocycles. The van der Waals surface area contributed by atoms with Gasteiger partial charge in [-0.25, -0.2) is 9.78 Å². The molecule has 0 saturated heterocycles. The molecule has 2 atom stereocenters. The Bertz CT molecular complexity index is 1670. The summed E-state index contributed by atoms with van der Waals surface area (Å²) in [6, 6.07) is 21.7. The number of hydrogen-bond acceptors (Lipinski definition) is 6. The number of anilines is 2. The Balaban J connectivity index is 1.27. The van der Waals surface area contributed by atoms with Gasteiger partial charge in [-0.15, -0.1) is 0 Å². The van der Waals surface area contributed by atoms with E-state index in [0.29, 0.717) is 60.3 Å². The van der Waals surface area contributed by atoms with Crippen molar-refractivity contribution in [2.24, 2.45) is 0 Å². The van der Waals surface area contributed by atoms with E-state index in [1.807, 2.05) is 48.2 Å². The van der Waals surface area contributed by atoms with Crippen molar-refractivity contribution in [1.82, 2.24) is 9.55 Å². The number of amides is 2. The molecule has 9 nitrogen and oxygen atoms in total. The van der Waals surface area contributed by atoms with Crippen LogP contribution in [0.3, 0.4) is 0 Å². The van der Waals surface area contributed by atoms with Crippen molar-refractivity contribution < 1.29 is 23.9 Å². The van der Waals surface area contributed by atoms with Crippen molar-refractivity contribution in [3.63, 3.8) is 0 Å². The van der Waals surface area contributed by atoms with Gasteiger partial charge < -0.3 is 23.8 Å². The molecular formula is C35H37ClN4O5. The highest BCUT2D eigenvalue weighted by molar-refractivity contribution is 6.30. The molecule has 0 saturated carbocycles. The summed E-state index contributed by atoms with van der Waals surface area (Å²) < 4.78 is 12.9. The van der Waals surface area contributed by atoms with Gasteiger partial charge >= 0.3 is 5.97 Å². The molecule has 0 aliphatic carbocycles. The van der Waals surface area contributed by atoms with Gasteiger partial charge in [0.05, 0.1) is 31.3 Å². The Morgan fingerprint density at radius 1 is 1.02 bits per heavy atom. The number of imidazole rings is 1. The smallest absolute Gasteiger partial charge is 0.356 e. The second-order valence-corrected chi connectivity index (χ2v) is 11.5. The van der Waals surface area contributed by atoms with Gasteiger partial charge in [-0.05, 0) is 93.8 Å². The summed E-state index contributed by atoms with van der Waals surface area (Å²) in [4.78, 5) is 46.9. The van der Waals surface area contributed by atoms with Gasteiger partial charge in [0.15, 0.2) is 0 Å². The Morgan fingerprint density at radius 2 is 1.73 bits per heavy atom. The second kappa shape index (κ2) is 14.0. The van der Waals surface area contributed by atoms with Gasteiger partial charge in [0.2, 0.25) is 5.91 Å². The number of ether oxygens (including phenoxy) is 2. The number of fused-ring (bicyclic) bond motifs is 1. The minimum absolute atomic E-state index is 0.0840. The summed E-state index contributed by atoms with van der Waals surface area (Å²) in [5.74, 6) is 0.0563. The molecule has 1 aliphatic heterocycles. The normalized spacial score (nSPS) is 15.7. The van der Waals surface area contributed by atoms with Gasteiger partial charge in [0.1, 0.15) is 11.4 Å².